The highest BCUT2D eigenvalue weighted by Gasteiger charge is 2.36. The van der Waals surface area contributed by atoms with Crippen molar-refractivity contribution in [1.29, 1.82) is 0 Å². The summed E-state index contributed by atoms with van der Waals surface area (Å²) in [5, 5.41) is 7.61. The van der Waals surface area contributed by atoms with Crippen molar-refractivity contribution in [2.24, 2.45) is 5.92 Å². The lowest BCUT2D eigenvalue weighted by molar-refractivity contribution is 0.0910. The third-order valence-corrected chi connectivity index (χ3v) is 5.33. The quantitative estimate of drug-likeness (QED) is 0.861. The van der Waals surface area contributed by atoms with Crippen molar-refractivity contribution in [3.05, 3.63) is 34.7 Å². The molecule has 2 aromatic rings. The molecular weight excluding hydrogens is 344 g/mol. The number of amides is 1. The number of hydrogen-bond acceptors (Lipinski definition) is 4. The van der Waals surface area contributed by atoms with E-state index < -0.39 is 0 Å². The van der Waals surface area contributed by atoms with E-state index in [0.717, 1.165) is 34.8 Å². The van der Waals surface area contributed by atoms with E-state index in [2.05, 4.69) is 36.5 Å². The summed E-state index contributed by atoms with van der Waals surface area (Å²) in [7, 11) is 0. The fraction of sp³-hybridized carbons (Fsp3) is 0.438. The van der Waals surface area contributed by atoms with Crippen LogP contribution in [0.15, 0.2) is 29.0 Å². The van der Waals surface area contributed by atoms with Crippen molar-refractivity contribution < 1.29 is 4.79 Å². The van der Waals surface area contributed by atoms with E-state index in [9.17, 15) is 4.79 Å². The summed E-state index contributed by atoms with van der Waals surface area (Å²) in [5.74, 6) is 0.472. The van der Waals surface area contributed by atoms with Crippen LogP contribution in [0.2, 0.25) is 0 Å². The molecule has 2 fully saturated rings. The van der Waals surface area contributed by atoms with Gasteiger partial charge in [0.15, 0.2) is 0 Å². The Morgan fingerprint density at radius 1 is 1.32 bits per heavy atom. The molecule has 2 aliphatic rings. The van der Waals surface area contributed by atoms with E-state index in [1.54, 1.807) is 18.5 Å². The number of halogens is 1. The van der Waals surface area contributed by atoms with Gasteiger partial charge in [0.1, 0.15) is 5.69 Å². The van der Waals surface area contributed by atoms with Crippen molar-refractivity contribution in [2.45, 2.75) is 31.3 Å². The summed E-state index contributed by atoms with van der Waals surface area (Å²) in [5.41, 5.74) is 1.24. The van der Waals surface area contributed by atoms with Gasteiger partial charge in [-0.05, 0) is 53.2 Å². The van der Waals surface area contributed by atoms with Crippen molar-refractivity contribution in [3.8, 4) is 0 Å². The first-order valence-corrected chi connectivity index (χ1v) is 8.44. The molecule has 1 aliphatic carbocycles. The summed E-state index contributed by atoms with van der Waals surface area (Å²) >= 11 is 3.44. The number of pyridine rings is 2. The molecule has 1 saturated heterocycles. The number of fused-ring (bicyclic) bond motifs is 3. The zero-order valence-corrected chi connectivity index (χ0v) is 13.6. The first-order valence-electron chi connectivity index (χ1n) is 7.65. The van der Waals surface area contributed by atoms with Gasteiger partial charge in [-0.3, -0.25) is 9.78 Å². The molecule has 2 N–H and O–H groups in total. The molecule has 6 heteroatoms. The van der Waals surface area contributed by atoms with Crippen molar-refractivity contribution in [1.82, 2.24) is 20.6 Å². The molecule has 3 heterocycles. The third-order valence-electron chi connectivity index (χ3n) is 4.75. The Labute approximate surface area is 137 Å². The Hall–Kier alpha value is -1.53. The monoisotopic (exact) mass is 360 g/mol. The Morgan fingerprint density at radius 2 is 2.23 bits per heavy atom. The van der Waals surface area contributed by atoms with Crippen LogP contribution in [-0.2, 0) is 0 Å². The molecule has 1 amide bonds. The minimum Gasteiger partial charge on any atom is -0.348 e. The molecule has 1 aliphatic heterocycles. The normalized spacial score (nSPS) is 27.0. The summed E-state index contributed by atoms with van der Waals surface area (Å²) < 4.78 is 0.806. The van der Waals surface area contributed by atoms with Gasteiger partial charge in [0.05, 0.1) is 9.99 Å². The lowest BCUT2D eigenvalue weighted by atomic mass is 9.85. The van der Waals surface area contributed by atoms with Gasteiger partial charge < -0.3 is 10.6 Å². The van der Waals surface area contributed by atoms with E-state index in [-0.39, 0.29) is 11.9 Å². The first kappa shape index (κ1) is 14.1. The highest BCUT2D eigenvalue weighted by Crippen LogP contribution is 2.29. The molecule has 1 saturated carbocycles. The maximum absolute atomic E-state index is 12.5. The molecule has 5 nitrogen and oxygen atoms in total. The predicted octanol–water partition coefficient (Wildman–Crippen LogP) is 2.26. The van der Waals surface area contributed by atoms with Crippen LogP contribution in [0.25, 0.3) is 10.9 Å². The maximum atomic E-state index is 12.5. The van der Waals surface area contributed by atoms with Crippen LogP contribution in [0.1, 0.15) is 29.8 Å². The van der Waals surface area contributed by atoms with Crippen molar-refractivity contribution >= 4 is 32.7 Å². The minimum absolute atomic E-state index is 0.0824. The van der Waals surface area contributed by atoms with Crippen molar-refractivity contribution in [2.75, 3.05) is 6.54 Å². The van der Waals surface area contributed by atoms with Crippen LogP contribution in [0.3, 0.4) is 0 Å². The summed E-state index contributed by atoms with van der Waals surface area (Å²) in [6.07, 6.45) is 6.81. The molecule has 0 radical (unpaired) electrons. The van der Waals surface area contributed by atoms with Gasteiger partial charge >= 0.3 is 0 Å². The molecule has 22 heavy (non-hydrogen) atoms. The van der Waals surface area contributed by atoms with Crippen LogP contribution in [-0.4, -0.2) is 34.5 Å². The average Bonchev–Trinajstić information content (AvgIpc) is 2.93. The zero-order chi connectivity index (χ0) is 15.1. The van der Waals surface area contributed by atoms with Gasteiger partial charge in [-0.2, -0.15) is 0 Å². The van der Waals surface area contributed by atoms with E-state index in [1.165, 1.54) is 6.42 Å². The average molecular weight is 361 g/mol. The molecule has 2 aromatic heterocycles. The first-order chi connectivity index (χ1) is 10.7. The highest BCUT2D eigenvalue weighted by atomic mass is 79.9. The van der Waals surface area contributed by atoms with Crippen LogP contribution >= 0.6 is 15.9 Å². The lowest BCUT2D eigenvalue weighted by Crippen LogP contribution is -2.42. The summed E-state index contributed by atoms with van der Waals surface area (Å²) in [6.45, 7) is 1.01. The Bertz CT molecular complexity index is 735. The Kier molecular flexibility index (Phi) is 3.58. The Balaban J connectivity index is 1.56. The van der Waals surface area contributed by atoms with Gasteiger partial charge in [-0.1, -0.05) is 0 Å². The SMILES string of the molecule is O=C(NC1CCC2CC1CN2)c1ccc2cncc(Br)c2n1. The minimum atomic E-state index is -0.0824. The third kappa shape index (κ3) is 2.50. The number of nitrogens with zero attached hydrogens (tertiary/aromatic N) is 2. The number of nitrogens with one attached hydrogen (secondary N) is 2. The largest absolute Gasteiger partial charge is 0.348 e. The summed E-state index contributed by atoms with van der Waals surface area (Å²) in [4.78, 5) is 21.1. The number of rotatable bonds is 2. The molecule has 2 bridgehead atoms. The second-order valence-electron chi connectivity index (χ2n) is 6.15. The van der Waals surface area contributed by atoms with E-state index in [4.69, 9.17) is 0 Å². The Morgan fingerprint density at radius 3 is 3.14 bits per heavy atom. The van der Waals surface area contributed by atoms with Gasteiger partial charge in [-0.15, -0.1) is 0 Å². The van der Waals surface area contributed by atoms with E-state index in [1.807, 2.05) is 6.07 Å². The molecule has 0 spiro atoms. The van der Waals surface area contributed by atoms with Crippen LogP contribution in [0.4, 0.5) is 0 Å². The van der Waals surface area contributed by atoms with E-state index in [0.29, 0.717) is 17.7 Å². The molecule has 3 atom stereocenters. The number of hydrogen-bond donors (Lipinski definition) is 2. The second kappa shape index (κ2) is 5.59. The molecule has 0 aromatic carbocycles. The smallest absolute Gasteiger partial charge is 0.270 e. The lowest BCUT2D eigenvalue weighted by Gasteiger charge is -2.28. The summed E-state index contributed by atoms with van der Waals surface area (Å²) in [6, 6.07) is 4.57. The highest BCUT2D eigenvalue weighted by molar-refractivity contribution is 9.10. The number of carbonyl (C=O) groups excluding carboxylic acids is 1. The van der Waals surface area contributed by atoms with Crippen LogP contribution in [0.5, 0.6) is 0 Å². The predicted molar refractivity (Wildman–Crippen MR) is 87.6 cm³/mol. The molecule has 4 rings (SSSR count). The van der Waals surface area contributed by atoms with Crippen molar-refractivity contribution in [3.63, 3.8) is 0 Å². The molecule has 3 unspecified atom stereocenters. The zero-order valence-electron chi connectivity index (χ0n) is 12.1. The van der Waals surface area contributed by atoms with Gasteiger partial charge in [0.25, 0.3) is 5.91 Å². The fourth-order valence-electron chi connectivity index (χ4n) is 3.56. The van der Waals surface area contributed by atoms with Gasteiger partial charge in [0.2, 0.25) is 0 Å². The number of aromatic nitrogens is 2. The second-order valence-corrected chi connectivity index (χ2v) is 7.00. The van der Waals surface area contributed by atoms with Gasteiger partial charge in [0, 0.05) is 36.4 Å². The van der Waals surface area contributed by atoms with Crippen LogP contribution < -0.4 is 10.6 Å². The number of carbonyl (C=O) groups is 1. The fourth-order valence-corrected chi connectivity index (χ4v) is 4.00. The van der Waals surface area contributed by atoms with E-state index >= 15 is 0 Å². The van der Waals surface area contributed by atoms with Crippen LogP contribution in [0, 0.1) is 5.92 Å². The standard InChI is InChI=1S/C16H17BrN4O/c17-12-8-18-6-9-1-3-14(20-15(9)12)16(22)21-13-4-2-11-5-10(13)7-19-11/h1,3,6,8,10-11,13,19H,2,4-5,7H2,(H,21,22). The molecular formula is C16H17BrN4O. The molecule has 114 valence electrons. The topological polar surface area (TPSA) is 66.9 Å². The maximum Gasteiger partial charge on any atom is 0.270 e. The van der Waals surface area contributed by atoms with Gasteiger partial charge in [-0.25, -0.2) is 4.98 Å².